The number of aromatic nitrogens is 1. The molecular formula is C10H15N3. The van der Waals surface area contributed by atoms with Crippen molar-refractivity contribution in [1.82, 2.24) is 4.98 Å². The fourth-order valence-electron chi connectivity index (χ4n) is 1.47. The SMILES string of the molecule is Cc1cnc2c(c1)NCC(C)CN2. The highest BCUT2D eigenvalue weighted by atomic mass is 15.1. The minimum absolute atomic E-state index is 0.648. The van der Waals surface area contributed by atoms with E-state index in [1.807, 2.05) is 6.20 Å². The molecule has 0 aliphatic carbocycles. The second kappa shape index (κ2) is 3.24. The van der Waals surface area contributed by atoms with Gasteiger partial charge in [0.25, 0.3) is 0 Å². The van der Waals surface area contributed by atoms with E-state index in [1.54, 1.807) is 0 Å². The summed E-state index contributed by atoms with van der Waals surface area (Å²) in [5.74, 6) is 1.63. The first-order chi connectivity index (χ1) is 6.25. The smallest absolute Gasteiger partial charge is 0.149 e. The molecule has 2 heterocycles. The van der Waals surface area contributed by atoms with Crippen LogP contribution in [0.2, 0.25) is 0 Å². The molecule has 0 amide bonds. The van der Waals surface area contributed by atoms with E-state index < -0.39 is 0 Å². The van der Waals surface area contributed by atoms with Gasteiger partial charge in [-0.15, -0.1) is 0 Å². The molecule has 1 aromatic heterocycles. The van der Waals surface area contributed by atoms with Crippen LogP contribution in [0, 0.1) is 12.8 Å². The predicted molar refractivity (Wildman–Crippen MR) is 55.1 cm³/mol. The van der Waals surface area contributed by atoms with Crippen molar-refractivity contribution in [3.63, 3.8) is 0 Å². The molecule has 13 heavy (non-hydrogen) atoms. The van der Waals surface area contributed by atoms with Gasteiger partial charge in [-0.1, -0.05) is 6.92 Å². The number of hydrogen-bond donors (Lipinski definition) is 2. The molecule has 1 atom stereocenters. The van der Waals surface area contributed by atoms with Crippen LogP contribution >= 0.6 is 0 Å². The molecule has 0 radical (unpaired) electrons. The van der Waals surface area contributed by atoms with Crippen LogP contribution in [0.3, 0.4) is 0 Å². The van der Waals surface area contributed by atoms with Crippen molar-refractivity contribution in [2.45, 2.75) is 13.8 Å². The van der Waals surface area contributed by atoms with Gasteiger partial charge in [-0.2, -0.15) is 0 Å². The summed E-state index contributed by atoms with van der Waals surface area (Å²) in [5.41, 5.74) is 2.33. The maximum absolute atomic E-state index is 4.34. The lowest BCUT2D eigenvalue weighted by Crippen LogP contribution is -2.14. The van der Waals surface area contributed by atoms with E-state index in [9.17, 15) is 0 Å². The molecule has 1 aliphatic heterocycles. The lowest BCUT2D eigenvalue weighted by Gasteiger charge is -2.07. The second-order valence-corrected chi connectivity index (χ2v) is 3.78. The molecule has 0 fully saturated rings. The predicted octanol–water partition coefficient (Wildman–Crippen LogP) is 1.86. The van der Waals surface area contributed by atoms with Crippen LogP contribution in [0.25, 0.3) is 0 Å². The molecule has 0 spiro atoms. The Hall–Kier alpha value is -1.25. The highest BCUT2D eigenvalue weighted by Crippen LogP contribution is 2.22. The van der Waals surface area contributed by atoms with Gasteiger partial charge in [0.2, 0.25) is 0 Å². The van der Waals surface area contributed by atoms with Crippen LogP contribution in [0.5, 0.6) is 0 Å². The topological polar surface area (TPSA) is 37.0 Å². The fraction of sp³-hybridized carbons (Fsp3) is 0.500. The number of aryl methyl sites for hydroxylation is 1. The van der Waals surface area contributed by atoms with Gasteiger partial charge in [-0.3, -0.25) is 0 Å². The molecule has 2 rings (SSSR count). The van der Waals surface area contributed by atoms with Crippen molar-refractivity contribution < 1.29 is 0 Å². The summed E-state index contributed by atoms with van der Waals surface area (Å²) in [5, 5.41) is 6.72. The highest BCUT2D eigenvalue weighted by molar-refractivity contribution is 5.65. The Bertz CT molecular complexity index is 309. The number of nitrogens with zero attached hydrogens (tertiary/aromatic N) is 1. The van der Waals surface area contributed by atoms with Crippen LogP contribution in [-0.4, -0.2) is 18.1 Å². The molecule has 0 saturated carbocycles. The number of rotatable bonds is 0. The molecule has 1 aromatic rings. The molecule has 70 valence electrons. The molecule has 0 aromatic carbocycles. The minimum atomic E-state index is 0.648. The molecular weight excluding hydrogens is 162 g/mol. The first-order valence-corrected chi connectivity index (χ1v) is 4.70. The third-order valence-corrected chi connectivity index (χ3v) is 2.28. The maximum atomic E-state index is 4.34. The molecule has 3 nitrogen and oxygen atoms in total. The van der Waals surface area contributed by atoms with Gasteiger partial charge in [0.15, 0.2) is 0 Å². The van der Waals surface area contributed by atoms with Crippen LogP contribution in [-0.2, 0) is 0 Å². The highest BCUT2D eigenvalue weighted by Gasteiger charge is 2.11. The Labute approximate surface area is 78.6 Å². The third kappa shape index (κ3) is 1.74. The Kier molecular flexibility index (Phi) is 2.08. The third-order valence-electron chi connectivity index (χ3n) is 2.28. The summed E-state index contributed by atoms with van der Waals surface area (Å²) in [6, 6.07) is 2.13. The Morgan fingerprint density at radius 3 is 3.00 bits per heavy atom. The van der Waals surface area contributed by atoms with E-state index >= 15 is 0 Å². The number of pyridine rings is 1. The zero-order valence-corrected chi connectivity index (χ0v) is 8.09. The summed E-state index contributed by atoms with van der Waals surface area (Å²) in [7, 11) is 0. The van der Waals surface area contributed by atoms with Crippen LogP contribution in [0.4, 0.5) is 11.5 Å². The summed E-state index contributed by atoms with van der Waals surface area (Å²) < 4.78 is 0. The van der Waals surface area contributed by atoms with E-state index in [4.69, 9.17) is 0 Å². The first-order valence-electron chi connectivity index (χ1n) is 4.70. The number of nitrogens with one attached hydrogen (secondary N) is 2. The van der Waals surface area contributed by atoms with Gasteiger partial charge in [0.1, 0.15) is 5.82 Å². The van der Waals surface area contributed by atoms with Crippen molar-refractivity contribution in [3.05, 3.63) is 17.8 Å². The van der Waals surface area contributed by atoms with Crippen LogP contribution in [0.1, 0.15) is 12.5 Å². The zero-order chi connectivity index (χ0) is 9.26. The Morgan fingerprint density at radius 2 is 2.15 bits per heavy atom. The molecule has 2 N–H and O–H groups in total. The Balaban J connectivity index is 2.30. The monoisotopic (exact) mass is 177 g/mol. The molecule has 0 bridgehead atoms. The summed E-state index contributed by atoms with van der Waals surface area (Å²) in [6.07, 6.45) is 1.89. The molecule has 1 aliphatic rings. The van der Waals surface area contributed by atoms with Gasteiger partial charge in [0, 0.05) is 19.3 Å². The minimum Gasteiger partial charge on any atom is -0.382 e. The van der Waals surface area contributed by atoms with E-state index in [0.29, 0.717) is 5.92 Å². The van der Waals surface area contributed by atoms with Crippen molar-refractivity contribution >= 4 is 11.5 Å². The van der Waals surface area contributed by atoms with Crippen molar-refractivity contribution in [3.8, 4) is 0 Å². The number of anilines is 2. The average Bonchev–Trinajstić information content (AvgIpc) is 2.29. The summed E-state index contributed by atoms with van der Waals surface area (Å²) in [6.45, 7) is 6.29. The molecule has 3 heteroatoms. The standard InChI is InChI=1S/C10H15N3/c1-7-3-9-10(12-4-7)13-6-8(2)5-11-9/h3-4,8,11H,5-6H2,1-2H3,(H,12,13). The molecule has 1 unspecified atom stereocenters. The van der Waals surface area contributed by atoms with Gasteiger partial charge in [-0.05, 0) is 24.5 Å². The van der Waals surface area contributed by atoms with E-state index in [0.717, 1.165) is 24.6 Å². The fourth-order valence-corrected chi connectivity index (χ4v) is 1.47. The van der Waals surface area contributed by atoms with Crippen molar-refractivity contribution in [2.24, 2.45) is 5.92 Å². The van der Waals surface area contributed by atoms with Crippen molar-refractivity contribution in [1.29, 1.82) is 0 Å². The maximum Gasteiger partial charge on any atom is 0.149 e. The molecule has 0 saturated heterocycles. The summed E-state index contributed by atoms with van der Waals surface area (Å²) in [4.78, 5) is 4.34. The van der Waals surface area contributed by atoms with Crippen molar-refractivity contribution in [2.75, 3.05) is 23.7 Å². The van der Waals surface area contributed by atoms with Gasteiger partial charge < -0.3 is 10.6 Å². The summed E-state index contributed by atoms with van der Waals surface area (Å²) >= 11 is 0. The van der Waals surface area contributed by atoms with E-state index in [-0.39, 0.29) is 0 Å². The lowest BCUT2D eigenvalue weighted by molar-refractivity contribution is 0.656. The second-order valence-electron chi connectivity index (χ2n) is 3.78. The van der Waals surface area contributed by atoms with Crippen LogP contribution in [0.15, 0.2) is 12.3 Å². The number of hydrogen-bond acceptors (Lipinski definition) is 3. The van der Waals surface area contributed by atoms with Crippen LogP contribution < -0.4 is 10.6 Å². The first kappa shape index (κ1) is 8.35. The number of fused-ring (bicyclic) bond motifs is 1. The largest absolute Gasteiger partial charge is 0.382 e. The van der Waals surface area contributed by atoms with E-state index in [2.05, 4.69) is 35.5 Å². The average molecular weight is 177 g/mol. The quantitative estimate of drug-likeness (QED) is 0.635. The van der Waals surface area contributed by atoms with Gasteiger partial charge >= 0.3 is 0 Å². The normalized spacial score (nSPS) is 20.9. The zero-order valence-electron chi connectivity index (χ0n) is 8.09. The van der Waals surface area contributed by atoms with Gasteiger partial charge in [-0.25, -0.2) is 4.98 Å². The Morgan fingerprint density at radius 1 is 1.38 bits per heavy atom. The van der Waals surface area contributed by atoms with Gasteiger partial charge in [0.05, 0.1) is 5.69 Å². The van der Waals surface area contributed by atoms with E-state index in [1.165, 1.54) is 5.56 Å². The lowest BCUT2D eigenvalue weighted by atomic mass is 10.2.